The Labute approximate surface area is 127 Å². The van der Waals surface area contributed by atoms with E-state index in [1.807, 2.05) is 0 Å². The Kier molecular flexibility index (Phi) is 3.75. The van der Waals surface area contributed by atoms with Gasteiger partial charge >= 0.3 is 0 Å². The second-order valence-electron chi connectivity index (χ2n) is 4.94. The van der Waals surface area contributed by atoms with E-state index in [0.717, 1.165) is 4.47 Å². The smallest absolute Gasteiger partial charge is 0.0485 e. The summed E-state index contributed by atoms with van der Waals surface area (Å²) < 4.78 is 1.11. The van der Waals surface area contributed by atoms with Crippen molar-refractivity contribution >= 4 is 32.4 Å². The highest BCUT2D eigenvalue weighted by Crippen LogP contribution is 2.27. The quantitative estimate of drug-likeness (QED) is 0.644. The Hall–Kier alpha value is -1.80. The molecule has 0 saturated carbocycles. The summed E-state index contributed by atoms with van der Waals surface area (Å²) in [5, 5.41) is 6.13. The Balaban J connectivity index is 1.91. The van der Waals surface area contributed by atoms with Crippen molar-refractivity contribution in [1.82, 2.24) is 0 Å². The molecule has 3 aromatic carbocycles. The lowest BCUT2D eigenvalue weighted by molar-refractivity contribution is 0.886. The molecule has 2 heteroatoms. The van der Waals surface area contributed by atoms with Crippen LogP contribution in [0.25, 0.3) is 10.8 Å². The first-order valence-corrected chi connectivity index (χ1v) is 7.53. The van der Waals surface area contributed by atoms with Gasteiger partial charge in [-0.3, -0.25) is 0 Å². The Morgan fingerprint density at radius 2 is 1.55 bits per heavy atom. The summed E-state index contributed by atoms with van der Waals surface area (Å²) in [4.78, 5) is 0. The molecule has 0 aliphatic rings. The second kappa shape index (κ2) is 5.68. The SMILES string of the molecule is CC(Nc1cccc2ccccc12)c1ccc(Br)cc1. The Morgan fingerprint density at radius 1 is 0.850 bits per heavy atom. The number of rotatable bonds is 3. The zero-order chi connectivity index (χ0) is 13.9. The highest BCUT2D eigenvalue weighted by molar-refractivity contribution is 9.10. The third-order valence-electron chi connectivity index (χ3n) is 3.53. The lowest BCUT2D eigenvalue weighted by Gasteiger charge is -2.17. The molecule has 0 bridgehead atoms. The molecule has 0 amide bonds. The van der Waals surface area contributed by atoms with Gasteiger partial charge in [-0.25, -0.2) is 0 Å². The van der Waals surface area contributed by atoms with Gasteiger partial charge in [0.05, 0.1) is 0 Å². The van der Waals surface area contributed by atoms with E-state index in [1.54, 1.807) is 0 Å². The predicted molar refractivity (Wildman–Crippen MR) is 90.1 cm³/mol. The van der Waals surface area contributed by atoms with Crippen LogP contribution in [0.5, 0.6) is 0 Å². The molecule has 1 nitrogen and oxygen atoms in total. The lowest BCUT2D eigenvalue weighted by Crippen LogP contribution is -2.06. The summed E-state index contributed by atoms with van der Waals surface area (Å²) in [7, 11) is 0. The summed E-state index contributed by atoms with van der Waals surface area (Å²) in [6.07, 6.45) is 0. The summed E-state index contributed by atoms with van der Waals surface area (Å²) in [5.41, 5.74) is 2.46. The maximum atomic E-state index is 3.61. The first kappa shape index (κ1) is 13.2. The molecular weight excluding hydrogens is 310 g/mol. The molecule has 0 spiro atoms. The van der Waals surface area contributed by atoms with Crippen molar-refractivity contribution in [3.05, 3.63) is 76.8 Å². The van der Waals surface area contributed by atoms with Gasteiger partial charge in [-0.15, -0.1) is 0 Å². The highest BCUT2D eigenvalue weighted by Gasteiger charge is 2.07. The number of hydrogen-bond donors (Lipinski definition) is 1. The third kappa shape index (κ3) is 2.70. The Morgan fingerprint density at radius 3 is 2.35 bits per heavy atom. The van der Waals surface area contributed by atoms with E-state index in [1.165, 1.54) is 22.0 Å². The van der Waals surface area contributed by atoms with Gasteiger partial charge in [0.2, 0.25) is 0 Å². The number of nitrogens with one attached hydrogen (secondary N) is 1. The monoisotopic (exact) mass is 325 g/mol. The van der Waals surface area contributed by atoms with Gasteiger partial charge in [-0.1, -0.05) is 64.5 Å². The maximum absolute atomic E-state index is 3.61. The fourth-order valence-corrected chi connectivity index (χ4v) is 2.68. The number of anilines is 1. The molecule has 1 N–H and O–H groups in total. The van der Waals surface area contributed by atoms with E-state index in [9.17, 15) is 0 Å². The van der Waals surface area contributed by atoms with Crippen LogP contribution in [0.1, 0.15) is 18.5 Å². The molecular formula is C18H16BrN. The molecule has 0 saturated heterocycles. The molecule has 100 valence electrons. The Bertz CT molecular complexity index is 714. The van der Waals surface area contributed by atoms with E-state index in [0.29, 0.717) is 0 Å². The molecule has 0 heterocycles. The standard InChI is InChI=1S/C18H16BrN/c1-13(14-9-11-16(19)12-10-14)20-18-8-4-6-15-5-2-3-7-17(15)18/h2-13,20H,1H3. The summed E-state index contributed by atoms with van der Waals surface area (Å²) in [5.74, 6) is 0. The zero-order valence-electron chi connectivity index (χ0n) is 11.3. The van der Waals surface area contributed by atoms with Gasteiger partial charge in [-0.2, -0.15) is 0 Å². The van der Waals surface area contributed by atoms with Crippen LogP contribution in [-0.2, 0) is 0 Å². The van der Waals surface area contributed by atoms with E-state index in [2.05, 4.69) is 94.9 Å². The van der Waals surface area contributed by atoms with Crippen molar-refractivity contribution in [2.24, 2.45) is 0 Å². The number of benzene rings is 3. The number of fused-ring (bicyclic) bond motifs is 1. The van der Waals surface area contributed by atoms with Crippen LogP contribution in [0.3, 0.4) is 0 Å². The van der Waals surface area contributed by atoms with Gasteiger partial charge in [0.15, 0.2) is 0 Å². The minimum absolute atomic E-state index is 0.272. The van der Waals surface area contributed by atoms with Crippen molar-refractivity contribution in [2.75, 3.05) is 5.32 Å². The average Bonchev–Trinajstić information content (AvgIpc) is 2.48. The molecule has 1 atom stereocenters. The van der Waals surface area contributed by atoms with Crippen LogP contribution >= 0.6 is 15.9 Å². The molecule has 3 aromatic rings. The van der Waals surface area contributed by atoms with Gasteiger partial charge in [0, 0.05) is 21.6 Å². The van der Waals surface area contributed by atoms with Crippen LogP contribution < -0.4 is 5.32 Å². The normalized spacial score (nSPS) is 12.3. The molecule has 1 unspecified atom stereocenters. The maximum Gasteiger partial charge on any atom is 0.0485 e. The second-order valence-corrected chi connectivity index (χ2v) is 5.86. The van der Waals surface area contributed by atoms with Crippen LogP contribution in [0.4, 0.5) is 5.69 Å². The molecule has 0 aromatic heterocycles. The lowest BCUT2D eigenvalue weighted by atomic mass is 10.1. The molecule has 0 fully saturated rings. The van der Waals surface area contributed by atoms with Crippen molar-refractivity contribution in [3.8, 4) is 0 Å². The minimum atomic E-state index is 0.272. The van der Waals surface area contributed by atoms with Crippen molar-refractivity contribution < 1.29 is 0 Å². The summed E-state index contributed by atoms with van der Waals surface area (Å²) in [6.45, 7) is 2.19. The summed E-state index contributed by atoms with van der Waals surface area (Å²) >= 11 is 3.47. The van der Waals surface area contributed by atoms with Gasteiger partial charge in [0.1, 0.15) is 0 Å². The van der Waals surface area contributed by atoms with Gasteiger partial charge < -0.3 is 5.32 Å². The van der Waals surface area contributed by atoms with E-state index < -0.39 is 0 Å². The first-order chi connectivity index (χ1) is 9.74. The average molecular weight is 326 g/mol. The highest BCUT2D eigenvalue weighted by atomic mass is 79.9. The number of hydrogen-bond acceptors (Lipinski definition) is 1. The minimum Gasteiger partial charge on any atom is -0.378 e. The molecule has 20 heavy (non-hydrogen) atoms. The van der Waals surface area contributed by atoms with Crippen molar-refractivity contribution in [1.29, 1.82) is 0 Å². The van der Waals surface area contributed by atoms with E-state index >= 15 is 0 Å². The molecule has 0 radical (unpaired) electrons. The molecule has 0 aliphatic carbocycles. The van der Waals surface area contributed by atoms with Crippen LogP contribution in [0.15, 0.2) is 71.2 Å². The topological polar surface area (TPSA) is 12.0 Å². The fourth-order valence-electron chi connectivity index (χ4n) is 2.42. The van der Waals surface area contributed by atoms with E-state index in [4.69, 9.17) is 0 Å². The fraction of sp³-hybridized carbons (Fsp3) is 0.111. The van der Waals surface area contributed by atoms with E-state index in [-0.39, 0.29) is 6.04 Å². The number of halogens is 1. The first-order valence-electron chi connectivity index (χ1n) is 6.74. The van der Waals surface area contributed by atoms with Crippen molar-refractivity contribution in [2.45, 2.75) is 13.0 Å². The largest absolute Gasteiger partial charge is 0.378 e. The van der Waals surface area contributed by atoms with Gasteiger partial charge in [0.25, 0.3) is 0 Å². The van der Waals surface area contributed by atoms with Crippen LogP contribution in [0.2, 0.25) is 0 Å². The van der Waals surface area contributed by atoms with Crippen LogP contribution in [0, 0.1) is 0 Å². The van der Waals surface area contributed by atoms with Gasteiger partial charge in [-0.05, 0) is 36.1 Å². The zero-order valence-corrected chi connectivity index (χ0v) is 12.9. The molecule has 3 rings (SSSR count). The third-order valence-corrected chi connectivity index (χ3v) is 4.06. The van der Waals surface area contributed by atoms with Crippen molar-refractivity contribution in [3.63, 3.8) is 0 Å². The predicted octanol–water partition coefficient (Wildman–Crippen LogP) is 5.78. The van der Waals surface area contributed by atoms with Crippen LogP contribution in [-0.4, -0.2) is 0 Å². The molecule has 0 aliphatic heterocycles. The summed E-state index contributed by atoms with van der Waals surface area (Å²) in [6, 6.07) is 23.6.